The molecule has 0 aromatic rings. The second-order valence-electron chi connectivity index (χ2n) is 2.40. The van der Waals surface area contributed by atoms with Gasteiger partial charge in [0.25, 0.3) is 0 Å². The van der Waals surface area contributed by atoms with E-state index in [9.17, 15) is 4.79 Å². The molecule has 0 radical (unpaired) electrons. The first-order chi connectivity index (χ1) is 5.41. The minimum absolute atomic E-state index is 0.815. The summed E-state index contributed by atoms with van der Waals surface area (Å²) in [7, 11) is 0. The van der Waals surface area contributed by atoms with Gasteiger partial charge >= 0.3 is 0 Å². The van der Waals surface area contributed by atoms with Crippen LogP contribution in [0.25, 0.3) is 0 Å². The third-order valence-corrected chi connectivity index (χ3v) is 1.34. The Hall–Kier alpha value is -0.850. The molecule has 0 aromatic heterocycles. The predicted octanol–water partition coefficient (Wildman–Crippen LogP) is 2.88. The highest BCUT2D eigenvalue weighted by Gasteiger charge is 1.75. The second-order valence-corrected chi connectivity index (χ2v) is 2.40. The Morgan fingerprint density at radius 2 is 1.64 bits per heavy atom. The number of carbonyl (C=O) groups excluding carboxylic acids is 1. The van der Waals surface area contributed by atoms with Crippen LogP contribution in [-0.2, 0) is 4.79 Å². The average Bonchev–Trinajstić information content (AvgIpc) is 2.03. The van der Waals surface area contributed by atoms with Crippen LogP contribution in [0, 0.1) is 0 Å². The maximum atomic E-state index is 9.84. The lowest BCUT2D eigenvalue weighted by atomic mass is 10.2. The number of allylic oxidation sites excluding steroid dienone is 4. The number of unbranched alkanes of at least 4 members (excludes halogenated alkanes) is 2. The first kappa shape index (κ1) is 10.2. The number of carbonyl (C=O) groups is 1. The SMILES string of the molecule is CCCC=CCCC=CC=O. The van der Waals surface area contributed by atoms with E-state index in [-0.39, 0.29) is 0 Å². The Morgan fingerprint density at radius 1 is 1.00 bits per heavy atom. The van der Waals surface area contributed by atoms with Gasteiger partial charge in [-0.3, -0.25) is 4.79 Å². The molecule has 0 saturated heterocycles. The van der Waals surface area contributed by atoms with Gasteiger partial charge in [0.2, 0.25) is 0 Å². The van der Waals surface area contributed by atoms with Gasteiger partial charge < -0.3 is 0 Å². The van der Waals surface area contributed by atoms with Crippen molar-refractivity contribution in [1.29, 1.82) is 0 Å². The van der Waals surface area contributed by atoms with Crippen LogP contribution in [0.2, 0.25) is 0 Å². The van der Waals surface area contributed by atoms with Crippen LogP contribution < -0.4 is 0 Å². The predicted molar refractivity (Wildman–Crippen MR) is 48.5 cm³/mol. The lowest BCUT2D eigenvalue weighted by Crippen LogP contribution is -1.66. The molecule has 0 aliphatic rings. The Morgan fingerprint density at radius 3 is 2.27 bits per heavy atom. The van der Waals surface area contributed by atoms with Crippen molar-refractivity contribution in [2.75, 3.05) is 0 Å². The Bertz CT molecular complexity index is 134. The van der Waals surface area contributed by atoms with E-state index in [1.807, 2.05) is 6.08 Å². The molecule has 0 heterocycles. The molecule has 62 valence electrons. The highest BCUT2D eigenvalue weighted by Crippen LogP contribution is 1.95. The number of hydrogen-bond donors (Lipinski definition) is 0. The normalized spacial score (nSPS) is 11.4. The summed E-state index contributed by atoms with van der Waals surface area (Å²) < 4.78 is 0. The van der Waals surface area contributed by atoms with Crippen molar-refractivity contribution in [1.82, 2.24) is 0 Å². The van der Waals surface area contributed by atoms with Crippen molar-refractivity contribution in [2.45, 2.75) is 32.6 Å². The van der Waals surface area contributed by atoms with Crippen molar-refractivity contribution in [2.24, 2.45) is 0 Å². The van der Waals surface area contributed by atoms with E-state index in [2.05, 4.69) is 19.1 Å². The van der Waals surface area contributed by atoms with Crippen molar-refractivity contribution < 1.29 is 4.79 Å². The molecule has 0 atom stereocenters. The van der Waals surface area contributed by atoms with Gasteiger partial charge in [0, 0.05) is 0 Å². The smallest absolute Gasteiger partial charge is 0.142 e. The maximum Gasteiger partial charge on any atom is 0.142 e. The monoisotopic (exact) mass is 152 g/mol. The summed E-state index contributed by atoms with van der Waals surface area (Å²) in [5.74, 6) is 0. The lowest BCUT2D eigenvalue weighted by molar-refractivity contribution is -0.104. The van der Waals surface area contributed by atoms with Crippen LogP contribution in [0.4, 0.5) is 0 Å². The Balaban J connectivity index is 3.12. The van der Waals surface area contributed by atoms with Crippen molar-refractivity contribution >= 4 is 6.29 Å². The molecule has 0 unspecified atom stereocenters. The lowest BCUT2D eigenvalue weighted by Gasteiger charge is -1.85. The van der Waals surface area contributed by atoms with Crippen LogP contribution in [0.15, 0.2) is 24.3 Å². The van der Waals surface area contributed by atoms with Gasteiger partial charge in [-0.25, -0.2) is 0 Å². The summed E-state index contributed by atoms with van der Waals surface area (Å²) in [4.78, 5) is 9.84. The van der Waals surface area contributed by atoms with E-state index in [0.29, 0.717) is 0 Å². The molecule has 0 rings (SSSR count). The van der Waals surface area contributed by atoms with Gasteiger partial charge in [-0.2, -0.15) is 0 Å². The van der Waals surface area contributed by atoms with E-state index >= 15 is 0 Å². The van der Waals surface area contributed by atoms with E-state index < -0.39 is 0 Å². The van der Waals surface area contributed by atoms with Crippen LogP contribution in [0.1, 0.15) is 32.6 Å². The van der Waals surface area contributed by atoms with Crippen LogP contribution >= 0.6 is 0 Å². The molecule has 1 nitrogen and oxygen atoms in total. The van der Waals surface area contributed by atoms with Crippen LogP contribution in [0.5, 0.6) is 0 Å². The average molecular weight is 152 g/mol. The largest absolute Gasteiger partial charge is 0.299 e. The quantitative estimate of drug-likeness (QED) is 0.247. The molecule has 0 aliphatic carbocycles. The van der Waals surface area contributed by atoms with E-state index in [1.54, 1.807) is 6.08 Å². The van der Waals surface area contributed by atoms with Crippen LogP contribution in [-0.4, -0.2) is 6.29 Å². The zero-order valence-corrected chi connectivity index (χ0v) is 7.12. The Kier molecular flexibility index (Phi) is 8.44. The molecule has 1 heteroatoms. The molecule has 0 aliphatic heterocycles. The third kappa shape index (κ3) is 9.15. The summed E-state index contributed by atoms with van der Waals surface area (Å²) in [5, 5.41) is 0. The molecular formula is C10H16O. The molecule has 0 fully saturated rings. The molecule has 0 N–H and O–H groups in total. The molecule has 0 saturated carbocycles. The first-order valence-electron chi connectivity index (χ1n) is 4.17. The fourth-order valence-electron chi connectivity index (χ4n) is 0.747. The van der Waals surface area contributed by atoms with E-state index in [4.69, 9.17) is 0 Å². The number of rotatable bonds is 6. The van der Waals surface area contributed by atoms with Crippen molar-refractivity contribution in [3.8, 4) is 0 Å². The van der Waals surface area contributed by atoms with Gasteiger partial charge in [-0.1, -0.05) is 31.6 Å². The zero-order valence-electron chi connectivity index (χ0n) is 7.12. The summed E-state index contributed by atoms with van der Waals surface area (Å²) in [5.41, 5.74) is 0. The Labute approximate surface area is 68.8 Å². The van der Waals surface area contributed by atoms with Gasteiger partial charge in [-0.05, 0) is 25.3 Å². The fraction of sp³-hybridized carbons (Fsp3) is 0.500. The van der Waals surface area contributed by atoms with Crippen molar-refractivity contribution in [3.05, 3.63) is 24.3 Å². The molecule has 0 amide bonds. The van der Waals surface area contributed by atoms with Crippen LogP contribution in [0.3, 0.4) is 0 Å². The minimum Gasteiger partial charge on any atom is -0.299 e. The molecule has 0 bridgehead atoms. The van der Waals surface area contributed by atoms with Gasteiger partial charge in [0.15, 0.2) is 0 Å². The highest BCUT2D eigenvalue weighted by molar-refractivity contribution is 5.64. The zero-order chi connectivity index (χ0) is 8.36. The maximum absolute atomic E-state index is 9.84. The molecule has 0 aromatic carbocycles. The summed E-state index contributed by atoms with van der Waals surface area (Å²) >= 11 is 0. The van der Waals surface area contributed by atoms with Crippen molar-refractivity contribution in [3.63, 3.8) is 0 Å². The number of hydrogen-bond acceptors (Lipinski definition) is 1. The molecule has 0 spiro atoms. The van der Waals surface area contributed by atoms with Gasteiger partial charge in [0.1, 0.15) is 6.29 Å². The fourth-order valence-corrected chi connectivity index (χ4v) is 0.747. The van der Waals surface area contributed by atoms with Gasteiger partial charge in [0.05, 0.1) is 0 Å². The minimum atomic E-state index is 0.815. The van der Waals surface area contributed by atoms with Gasteiger partial charge in [-0.15, -0.1) is 0 Å². The summed E-state index contributed by atoms with van der Waals surface area (Å²) in [6.45, 7) is 2.16. The standard InChI is InChI=1S/C10H16O/c1-2-3-4-5-6-7-8-9-10-11/h4-5,8-10H,2-3,6-7H2,1H3. The second kappa shape index (κ2) is 9.15. The number of aldehydes is 1. The highest BCUT2D eigenvalue weighted by atomic mass is 16.1. The summed E-state index contributed by atoms with van der Waals surface area (Å²) in [6.07, 6.45) is 13.0. The van der Waals surface area contributed by atoms with E-state index in [0.717, 1.165) is 25.5 Å². The molecular weight excluding hydrogens is 136 g/mol. The summed E-state index contributed by atoms with van der Waals surface area (Å²) in [6, 6.07) is 0. The first-order valence-corrected chi connectivity index (χ1v) is 4.17. The topological polar surface area (TPSA) is 17.1 Å². The molecule has 11 heavy (non-hydrogen) atoms. The van der Waals surface area contributed by atoms with E-state index in [1.165, 1.54) is 6.42 Å². The third-order valence-electron chi connectivity index (χ3n) is 1.34.